The molecule has 0 aliphatic heterocycles. The van der Waals surface area contributed by atoms with Crippen LogP contribution in [0.15, 0.2) is 103 Å². The third kappa shape index (κ3) is 3.17. The highest BCUT2D eigenvalue weighted by Crippen LogP contribution is 2.40. The molecule has 2 heterocycles. The standard InChI is InChI=1S/C29H22N2S/c1-29(17-8-3-9-18-29)28-30-24(20-11-4-2-5-12-20)19-25(31-28)23-15-10-14-22-21-13-6-7-16-26(21)32-27(22)23/h2-17,19H,18H2,1H3. The van der Waals surface area contributed by atoms with Crippen LogP contribution in [0, 0.1) is 0 Å². The van der Waals surface area contributed by atoms with E-state index in [1.807, 2.05) is 17.4 Å². The van der Waals surface area contributed by atoms with E-state index in [4.69, 9.17) is 9.97 Å². The van der Waals surface area contributed by atoms with E-state index >= 15 is 0 Å². The molecule has 2 aromatic heterocycles. The molecule has 32 heavy (non-hydrogen) atoms. The number of nitrogens with zero attached hydrogens (tertiary/aromatic N) is 2. The molecule has 2 nitrogen and oxygen atoms in total. The van der Waals surface area contributed by atoms with Gasteiger partial charge in [-0.15, -0.1) is 11.3 Å². The third-order valence-corrected chi connectivity index (χ3v) is 7.46. The fraction of sp³-hybridized carbons (Fsp3) is 0.103. The van der Waals surface area contributed by atoms with Crippen molar-refractivity contribution in [2.24, 2.45) is 0 Å². The van der Waals surface area contributed by atoms with Crippen LogP contribution in [-0.2, 0) is 5.41 Å². The summed E-state index contributed by atoms with van der Waals surface area (Å²) in [4.78, 5) is 10.2. The lowest BCUT2D eigenvalue weighted by Gasteiger charge is -2.26. The van der Waals surface area contributed by atoms with Gasteiger partial charge < -0.3 is 0 Å². The van der Waals surface area contributed by atoms with Gasteiger partial charge in [-0.05, 0) is 25.5 Å². The zero-order valence-corrected chi connectivity index (χ0v) is 18.6. The summed E-state index contributed by atoms with van der Waals surface area (Å²) in [6, 6.07) is 27.7. The Labute approximate surface area is 191 Å². The average molecular weight is 431 g/mol. The van der Waals surface area contributed by atoms with Crippen LogP contribution in [0.4, 0.5) is 0 Å². The maximum Gasteiger partial charge on any atom is 0.139 e. The Morgan fingerprint density at radius 1 is 0.781 bits per heavy atom. The second kappa shape index (κ2) is 7.54. The first kappa shape index (κ1) is 19.1. The molecule has 154 valence electrons. The van der Waals surface area contributed by atoms with Gasteiger partial charge in [0.2, 0.25) is 0 Å². The van der Waals surface area contributed by atoms with Crippen LogP contribution in [0.1, 0.15) is 19.2 Å². The topological polar surface area (TPSA) is 25.8 Å². The molecule has 0 fully saturated rings. The molecule has 0 N–H and O–H groups in total. The Bertz CT molecular complexity index is 1510. The Morgan fingerprint density at radius 3 is 2.41 bits per heavy atom. The lowest BCUT2D eigenvalue weighted by atomic mass is 9.82. The number of thiophene rings is 1. The van der Waals surface area contributed by atoms with E-state index in [1.54, 1.807) is 0 Å². The van der Waals surface area contributed by atoms with Crippen molar-refractivity contribution in [1.82, 2.24) is 9.97 Å². The second-order valence-electron chi connectivity index (χ2n) is 8.52. The van der Waals surface area contributed by atoms with Crippen molar-refractivity contribution in [2.75, 3.05) is 0 Å². The highest BCUT2D eigenvalue weighted by atomic mass is 32.1. The highest BCUT2D eigenvalue weighted by molar-refractivity contribution is 7.26. The first-order valence-electron chi connectivity index (χ1n) is 10.9. The number of fused-ring (bicyclic) bond motifs is 3. The molecule has 3 heteroatoms. The summed E-state index contributed by atoms with van der Waals surface area (Å²) in [6.45, 7) is 2.22. The minimum atomic E-state index is -0.220. The summed E-state index contributed by atoms with van der Waals surface area (Å²) in [6.07, 6.45) is 9.52. The molecular weight excluding hydrogens is 408 g/mol. The van der Waals surface area contributed by atoms with Crippen LogP contribution in [0.25, 0.3) is 42.7 Å². The van der Waals surface area contributed by atoms with Crippen molar-refractivity contribution in [2.45, 2.75) is 18.8 Å². The van der Waals surface area contributed by atoms with Gasteiger partial charge in [-0.25, -0.2) is 9.97 Å². The van der Waals surface area contributed by atoms with Gasteiger partial charge in [0.1, 0.15) is 5.82 Å². The predicted molar refractivity (Wildman–Crippen MR) is 136 cm³/mol. The van der Waals surface area contributed by atoms with E-state index in [2.05, 4.69) is 104 Å². The molecule has 0 saturated heterocycles. The Morgan fingerprint density at radius 2 is 1.56 bits per heavy atom. The number of hydrogen-bond acceptors (Lipinski definition) is 3. The summed E-state index contributed by atoms with van der Waals surface area (Å²) >= 11 is 1.84. The normalized spacial score (nSPS) is 17.9. The summed E-state index contributed by atoms with van der Waals surface area (Å²) in [7, 11) is 0. The van der Waals surface area contributed by atoms with Gasteiger partial charge >= 0.3 is 0 Å². The summed E-state index contributed by atoms with van der Waals surface area (Å²) in [5, 5.41) is 2.59. The molecule has 1 aliphatic carbocycles. The first-order valence-corrected chi connectivity index (χ1v) is 11.7. The molecule has 0 radical (unpaired) electrons. The molecule has 3 aromatic carbocycles. The number of hydrogen-bond donors (Lipinski definition) is 0. The fourth-order valence-electron chi connectivity index (χ4n) is 4.44. The van der Waals surface area contributed by atoms with Crippen molar-refractivity contribution in [1.29, 1.82) is 0 Å². The average Bonchev–Trinajstić information content (AvgIpc) is 3.24. The first-order chi connectivity index (χ1) is 15.7. The predicted octanol–water partition coefficient (Wildman–Crippen LogP) is 7.95. The largest absolute Gasteiger partial charge is 0.232 e. The molecule has 0 bridgehead atoms. The van der Waals surface area contributed by atoms with Gasteiger partial charge in [0.15, 0.2) is 0 Å². The van der Waals surface area contributed by atoms with Gasteiger partial charge in [0.05, 0.1) is 11.4 Å². The Kier molecular flexibility index (Phi) is 4.51. The number of benzene rings is 3. The maximum absolute atomic E-state index is 5.16. The maximum atomic E-state index is 5.16. The van der Waals surface area contributed by atoms with E-state index in [0.717, 1.165) is 29.2 Å². The Hall–Kier alpha value is -3.56. The Balaban J connectivity index is 1.62. The van der Waals surface area contributed by atoms with E-state index in [0.29, 0.717) is 0 Å². The van der Waals surface area contributed by atoms with Gasteiger partial charge in [0.25, 0.3) is 0 Å². The van der Waals surface area contributed by atoms with Gasteiger partial charge in [0, 0.05) is 36.7 Å². The molecule has 6 rings (SSSR count). The van der Waals surface area contributed by atoms with Crippen molar-refractivity contribution in [3.63, 3.8) is 0 Å². The summed E-state index contributed by atoms with van der Waals surface area (Å²) < 4.78 is 2.58. The second-order valence-corrected chi connectivity index (χ2v) is 9.57. The van der Waals surface area contributed by atoms with Crippen LogP contribution in [0.3, 0.4) is 0 Å². The summed E-state index contributed by atoms with van der Waals surface area (Å²) in [5.41, 5.74) is 4.01. The van der Waals surface area contributed by atoms with E-state index in [-0.39, 0.29) is 5.41 Å². The van der Waals surface area contributed by atoms with Crippen molar-refractivity contribution < 1.29 is 0 Å². The minimum Gasteiger partial charge on any atom is -0.232 e. The van der Waals surface area contributed by atoms with Crippen molar-refractivity contribution in [3.8, 4) is 22.5 Å². The van der Waals surface area contributed by atoms with Crippen LogP contribution < -0.4 is 0 Å². The van der Waals surface area contributed by atoms with Crippen LogP contribution in [-0.4, -0.2) is 9.97 Å². The van der Waals surface area contributed by atoms with Gasteiger partial charge in [-0.2, -0.15) is 0 Å². The zero-order chi connectivity index (χ0) is 21.5. The smallest absolute Gasteiger partial charge is 0.139 e. The monoisotopic (exact) mass is 430 g/mol. The number of rotatable bonds is 3. The molecule has 5 aromatic rings. The van der Waals surface area contributed by atoms with Gasteiger partial charge in [-0.3, -0.25) is 0 Å². The van der Waals surface area contributed by atoms with Crippen LogP contribution in [0.5, 0.6) is 0 Å². The van der Waals surface area contributed by atoms with Crippen LogP contribution >= 0.6 is 11.3 Å². The molecule has 0 amide bonds. The zero-order valence-electron chi connectivity index (χ0n) is 17.8. The van der Waals surface area contributed by atoms with E-state index in [9.17, 15) is 0 Å². The van der Waals surface area contributed by atoms with Gasteiger partial charge in [-0.1, -0.05) is 91.0 Å². The third-order valence-electron chi connectivity index (χ3n) is 6.24. The molecule has 1 atom stereocenters. The van der Waals surface area contributed by atoms with Crippen molar-refractivity contribution in [3.05, 3.63) is 109 Å². The fourth-order valence-corrected chi connectivity index (χ4v) is 5.66. The molecule has 1 aliphatic rings. The molecular formula is C29H22N2S. The molecule has 0 spiro atoms. The SMILES string of the molecule is CC1(c2nc(-c3ccccc3)cc(-c3cccc4c3sc3ccccc34)n2)C=CC=CC1. The lowest BCUT2D eigenvalue weighted by molar-refractivity contribution is 0.557. The number of allylic oxidation sites excluding steroid dienone is 4. The van der Waals surface area contributed by atoms with Crippen LogP contribution in [0.2, 0.25) is 0 Å². The van der Waals surface area contributed by atoms with Crippen molar-refractivity contribution >= 4 is 31.5 Å². The quantitative estimate of drug-likeness (QED) is 0.290. The molecule has 0 saturated carbocycles. The lowest BCUT2D eigenvalue weighted by Crippen LogP contribution is -2.23. The summed E-state index contributed by atoms with van der Waals surface area (Å²) in [5.74, 6) is 0.868. The number of aromatic nitrogens is 2. The highest BCUT2D eigenvalue weighted by Gasteiger charge is 2.28. The van der Waals surface area contributed by atoms with E-state index < -0.39 is 0 Å². The molecule has 1 unspecified atom stereocenters. The minimum absolute atomic E-state index is 0.220. The van der Waals surface area contributed by atoms with E-state index in [1.165, 1.54) is 25.7 Å².